The second-order valence-corrected chi connectivity index (χ2v) is 2.81. The summed E-state index contributed by atoms with van der Waals surface area (Å²) < 4.78 is 36.6. The van der Waals surface area contributed by atoms with Gasteiger partial charge in [-0.05, 0) is 11.1 Å². The lowest BCUT2D eigenvalue weighted by Crippen LogP contribution is -1.85. The van der Waals surface area contributed by atoms with Crippen molar-refractivity contribution < 1.29 is 21.0 Å². The molecule has 0 aromatic carbocycles. The number of hydrogen-bond donors (Lipinski definition) is 1. The van der Waals surface area contributed by atoms with E-state index in [4.69, 9.17) is 18.6 Å². The van der Waals surface area contributed by atoms with Gasteiger partial charge in [0.25, 0.3) is 0 Å². The molecule has 0 aromatic rings. The van der Waals surface area contributed by atoms with Gasteiger partial charge < -0.3 is 0 Å². The summed E-state index contributed by atoms with van der Waals surface area (Å²) in [4.78, 5) is 8.35. The van der Waals surface area contributed by atoms with E-state index >= 15 is 0 Å². The molecule has 0 aromatic heterocycles. The Morgan fingerprint density at radius 1 is 1.07 bits per heavy atom. The van der Waals surface area contributed by atoms with Gasteiger partial charge in [-0.3, -0.25) is 0 Å². The zero-order chi connectivity index (χ0) is 11.2. The summed E-state index contributed by atoms with van der Waals surface area (Å²) >= 11 is 0. The Bertz CT molecular complexity index is 392. The first-order valence-corrected chi connectivity index (χ1v) is 4.45. The standard InChI is InChI=1S/C6H4.CHNO.F2O2S/c1-2-6-4-3-5(1)6;2-1-3;1-5(2,3)4/h1-4H;2H;. The van der Waals surface area contributed by atoms with Crippen molar-refractivity contribution >= 4 is 16.7 Å². The Hall–Kier alpha value is -1.59. The Morgan fingerprint density at radius 2 is 1.21 bits per heavy atom. The van der Waals surface area contributed by atoms with Crippen LogP contribution in [0.4, 0.5) is 7.77 Å². The number of hydrogen-bond acceptors (Lipinski definition) is 4. The molecule has 0 bridgehead atoms. The molecule has 76 valence electrons. The minimum atomic E-state index is -5.67. The third-order valence-electron chi connectivity index (χ3n) is 1.22. The number of halogens is 2. The highest BCUT2D eigenvalue weighted by Crippen LogP contribution is 2.29. The monoisotopic (exact) mass is 221 g/mol. The molecule has 14 heavy (non-hydrogen) atoms. The Kier molecular flexibility index (Phi) is 4.62. The van der Waals surface area contributed by atoms with Crippen molar-refractivity contribution in [2.75, 3.05) is 0 Å². The Morgan fingerprint density at radius 3 is 1.21 bits per heavy atom. The zero-order valence-electron chi connectivity index (χ0n) is 6.70. The molecule has 7 heteroatoms. The van der Waals surface area contributed by atoms with Crippen LogP contribution < -0.4 is 0 Å². The number of benzene rings is 1. The third kappa shape index (κ3) is 5.99. The summed E-state index contributed by atoms with van der Waals surface area (Å²) in [5.41, 5.74) is 2.85. The van der Waals surface area contributed by atoms with Crippen molar-refractivity contribution in [2.45, 2.75) is 0 Å². The molecule has 0 atom stereocenters. The SMILES string of the molecule is N=C=O.O=S(=O)(F)F.c1cc2ccc1-2. The number of nitrogens with one attached hydrogen (secondary N) is 1. The first-order chi connectivity index (χ1) is 6.38. The van der Waals surface area contributed by atoms with Gasteiger partial charge in [0, 0.05) is 0 Å². The highest BCUT2D eigenvalue weighted by molar-refractivity contribution is 7.81. The van der Waals surface area contributed by atoms with Crippen LogP contribution in [0, 0.1) is 5.41 Å². The lowest BCUT2D eigenvalue weighted by atomic mass is 9.95. The topological polar surface area (TPSA) is 75.1 Å². The molecular formula is C7H5F2NO3S. The lowest BCUT2D eigenvalue weighted by molar-refractivity contribution is 0.501. The van der Waals surface area contributed by atoms with Crippen LogP contribution in [0.2, 0.25) is 0 Å². The third-order valence-corrected chi connectivity index (χ3v) is 1.22. The van der Waals surface area contributed by atoms with Gasteiger partial charge >= 0.3 is 10.6 Å². The maximum absolute atomic E-state index is 9.99. The molecule has 0 saturated carbocycles. The van der Waals surface area contributed by atoms with E-state index in [1.54, 1.807) is 0 Å². The summed E-state index contributed by atoms with van der Waals surface area (Å²) in [5.74, 6) is 0. The fraction of sp³-hybridized carbons (Fsp3) is 0. The number of fused-ring (bicyclic) bond motifs is 1. The molecule has 0 heterocycles. The van der Waals surface area contributed by atoms with Gasteiger partial charge in [0.2, 0.25) is 6.08 Å². The maximum Gasteiger partial charge on any atom is 0.476 e. The number of isocyanates is 1. The highest BCUT2D eigenvalue weighted by atomic mass is 32.3. The quantitative estimate of drug-likeness (QED) is 0.418. The van der Waals surface area contributed by atoms with Gasteiger partial charge in [-0.1, -0.05) is 32.0 Å². The van der Waals surface area contributed by atoms with E-state index < -0.39 is 10.6 Å². The molecular weight excluding hydrogens is 216 g/mol. The first-order valence-electron chi connectivity index (χ1n) is 3.17. The van der Waals surface area contributed by atoms with Gasteiger partial charge in [0.15, 0.2) is 0 Å². The second kappa shape index (κ2) is 5.21. The van der Waals surface area contributed by atoms with Crippen LogP contribution in [0.1, 0.15) is 0 Å². The number of rotatable bonds is 0. The normalized spacial score (nSPS) is 9.57. The molecule has 0 unspecified atom stereocenters. The van der Waals surface area contributed by atoms with Crippen molar-refractivity contribution in [1.29, 1.82) is 5.41 Å². The van der Waals surface area contributed by atoms with Crippen molar-refractivity contribution in [2.24, 2.45) is 0 Å². The minimum Gasteiger partial charge on any atom is -0.222 e. The summed E-state index contributed by atoms with van der Waals surface area (Å²) in [7, 11) is -5.67. The van der Waals surface area contributed by atoms with Crippen LogP contribution in [-0.2, 0) is 15.4 Å². The van der Waals surface area contributed by atoms with Crippen LogP contribution in [0.15, 0.2) is 24.3 Å². The molecule has 0 radical (unpaired) electrons. The van der Waals surface area contributed by atoms with E-state index in [1.807, 2.05) is 0 Å². The van der Waals surface area contributed by atoms with Gasteiger partial charge in [-0.15, -0.1) is 0 Å². The Balaban J connectivity index is 0.000000195. The molecule has 0 aliphatic heterocycles. The fourth-order valence-electron chi connectivity index (χ4n) is 0.663. The summed E-state index contributed by atoms with van der Waals surface area (Å²) in [5, 5.41) is 5.40. The van der Waals surface area contributed by atoms with Crippen LogP contribution in [-0.4, -0.2) is 14.5 Å². The maximum atomic E-state index is 9.99. The second-order valence-electron chi connectivity index (χ2n) is 2.06. The smallest absolute Gasteiger partial charge is 0.222 e. The van der Waals surface area contributed by atoms with E-state index in [1.165, 1.54) is 11.1 Å². The van der Waals surface area contributed by atoms with Gasteiger partial charge in [-0.25, -0.2) is 10.2 Å². The highest BCUT2D eigenvalue weighted by Gasteiger charge is 2.03. The van der Waals surface area contributed by atoms with Crippen molar-refractivity contribution in [3.63, 3.8) is 0 Å². The average molecular weight is 221 g/mol. The molecule has 2 rings (SSSR count). The number of carbonyl (C=O) groups excluding carboxylic acids is 1. The van der Waals surface area contributed by atoms with Gasteiger partial charge in [0.1, 0.15) is 0 Å². The lowest BCUT2D eigenvalue weighted by Gasteiger charge is -2.10. The largest absolute Gasteiger partial charge is 0.476 e. The van der Waals surface area contributed by atoms with E-state index in [2.05, 4.69) is 24.3 Å². The molecule has 2 aliphatic rings. The van der Waals surface area contributed by atoms with Crippen molar-refractivity contribution in [1.82, 2.24) is 0 Å². The molecule has 0 fully saturated rings. The molecule has 4 nitrogen and oxygen atoms in total. The molecule has 2 aliphatic carbocycles. The summed E-state index contributed by atoms with van der Waals surface area (Å²) in [6.07, 6.45) is 0.750. The van der Waals surface area contributed by atoms with Crippen LogP contribution >= 0.6 is 0 Å². The van der Waals surface area contributed by atoms with Crippen LogP contribution in [0.3, 0.4) is 0 Å². The van der Waals surface area contributed by atoms with Crippen LogP contribution in [0.25, 0.3) is 11.1 Å². The average Bonchev–Trinajstić information content (AvgIpc) is 1.95. The van der Waals surface area contributed by atoms with E-state index in [-0.39, 0.29) is 0 Å². The zero-order valence-corrected chi connectivity index (χ0v) is 7.51. The molecule has 0 amide bonds. The molecule has 1 N–H and O–H groups in total. The van der Waals surface area contributed by atoms with E-state index in [9.17, 15) is 7.77 Å². The van der Waals surface area contributed by atoms with Gasteiger partial charge in [0.05, 0.1) is 0 Å². The molecule has 0 saturated heterocycles. The van der Waals surface area contributed by atoms with Gasteiger partial charge in [-0.2, -0.15) is 8.42 Å². The molecule has 0 spiro atoms. The van der Waals surface area contributed by atoms with E-state index in [0.29, 0.717) is 0 Å². The van der Waals surface area contributed by atoms with E-state index in [0.717, 1.165) is 6.08 Å². The predicted octanol–water partition coefficient (Wildman–Crippen LogP) is 1.74. The van der Waals surface area contributed by atoms with Crippen molar-refractivity contribution in [3.8, 4) is 11.1 Å². The fourth-order valence-corrected chi connectivity index (χ4v) is 0.663. The van der Waals surface area contributed by atoms with Crippen molar-refractivity contribution in [3.05, 3.63) is 24.3 Å². The van der Waals surface area contributed by atoms with Crippen LogP contribution in [0.5, 0.6) is 0 Å². The summed E-state index contributed by atoms with van der Waals surface area (Å²) in [6.45, 7) is 0. The first kappa shape index (κ1) is 12.4. The predicted molar refractivity (Wildman–Crippen MR) is 45.0 cm³/mol. The minimum absolute atomic E-state index is 0.750. The Labute approximate surface area is 79.2 Å². The summed E-state index contributed by atoms with van der Waals surface area (Å²) in [6, 6.07) is 8.48.